The van der Waals surface area contributed by atoms with Gasteiger partial charge in [-0.3, -0.25) is 0 Å². The molecule has 4 aromatic carbocycles. The average Bonchev–Trinajstić information content (AvgIpc) is 3.72. The molecule has 0 saturated heterocycles. The highest BCUT2D eigenvalue weighted by Crippen LogP contribution is 2.51. The monoisotopic (exact) mass is 598 g/mol. The summed E-state index contributed by atoms with van der Waals surface area (Å²) in [5.41, 5.74) is 3.34. The minimum Gasteiger partial charge on any atom is -0.375 e. The second kappa shape index (κ2) is 10.2. The summed E-state index contributed by atoms with van der Waals surface area (Å²) in [6.07, 6.45) is 0. The molecule has 2 aromatic heterocycles. The molecule has 0 spiro atoms. The van der Waals surface area contributed by atoms with Gasteiger partial charge in [-0.05, 0) is 34.4 Å². The van der Waals surface area contributed by atoms with E-state index < -0.39 is 11.2 Å². The number of fused-ring (bicyclic) bond motifs is 6. The van der Waals surface area contributed by atoms with Gasteiger partial charge in [-0.2, -0.15) is 0 Å². The van der Waals surface area contributed by atoms with Crippen molar-refractivity contribution in [1.82, 2.24) is 0 Å². The number of thiophene rings is 2. The van der Waals surface area contributed by atoms with E-state index in [0.717, 1.165) is 51.8 Å². The lowest BCUT2D eigenvalue weighted by Crippen LogP contribution is -2.44. The molecule has 2 aliphatic rings. The molecule has 0 atom stereocenters. The molecule has 6 aromatic rings. The van der Waals surface area contributed by atoms with E-state index in [1.54, 1.807) is 22.7 Å². The van der Waals surface area contributed by atoms with Gasteiger partial charge in [0.1, 0.15) is 11.2 Å². The molecule has 0 unspecified atom stereocenters. The van der Waals surface area contributed by atoms with Crippen molar-refractivity contribution in [3.63, 3.8) is 0 Å². The highest BCUT2D eigenvalue weighted by molar-refractivity contribution is 7.13. The maximum absolute atomic E-state index is 12.4. The first-order valence-corrected chi connectivity index (χ1v) is 16.1. The SMILES string of the molecule is OC(c1ccccc1)(c1ccccc1)c1cc2c(s1)CN1CN2Cc2sc(C(O)(c3ccccc3)c3ccccc3)cc21. The molecule has 4 heterocycles. The molecule has 6 heteroatoms. The highest BCUT2D eigenvalue weighted by atomic mass is 32.1. The van der Waals surface area contributed by atoms with Crippen LogP contribution in [-0.4, -0.2) is 16.9 Å². The fraction of sp³-hybridized carbons (Fsp3) is 0.135. The number of rotatable bonds is 6. The quantitative estimate of drug-likeness (QED) is 0.207. The molecule has 0 saturated carbocycles. The van der Waals surface area contributed by atoms with E-state index in [1.807, 2.05) is 121 Å². The first kappa shape index (κ1) is 26.4. The van der Waals surface area contributed by atoms with Gasteiger partial charge in [0, 0.05) is 19.5 Å². The topological polar surface area (TPSA) is 46.9 Å². The zero-order valence-electron chi connectivity index (χ0n) is 23.4. The number of benzene rings is 4. The van der Waals surface area contributed by atoms with Crippen molar-refractivity contribution in [3.8, 4) is 0 Å². The number of anilines is 2. The van der Waals surface area contributed by atoms with Crippen molar-refractivity contribution in [3.05, 3.63) is 175 Å². The third-order valence-corrected chi connectivity index (χ3v) is 11.2. The van der Waals surface area contributed by atoms with Gasteiger partial charge in [0.15, 0.2) is 0 Å². The minimum absolute atomic E-state index is 0.758. The summed E-state index contributed by atoms with van der Waals surface area (Å²) >= 11 is 3.38. The molecule has 2 N–H and O–H groups in total. The van der Waals surface area contributed by atoms with Gasteiger partial charge in [0.25, 0.3) is 0 Å². The Bertz CT molecular complexity index is 1670. The second-order valence-corrected chi connectivity index (χ2v) is 13.5. The van der Waals surface area contributed by atoms with E-state index in [1.165, 1.54) is 21.1 Å². The molecule has 0 amide bonds. The standard InChI is InChI=1S/C37H30N2O2S2/c40-36(26-13-5-1-6-14-26,27-15-7-2-8-16-27)34-21-30-32(42-34)23-39-25-38(30)24-33-31(39)22-35(43-33)37(41,28-17-9-3-10-18-28)29-19-11-4-12-20-29/h1-22,40-41H,23-25H2. The van der Waals surface area contributed by atoms with Crippen LogP contribution in [0.4, 0.5) is 11.4 Å². The smallest absolute Gasteiger partial charge is 0.149 e. The van der Waals surface area contributed by atoms with Crippen molar-refractivity contribution < 1.29 is 10.2 Å². The summed E-state index contributed by atoms with van der Waals surface area (Å²) in [5, 5.41) is 24.9. The number of nitrogens with zero attached hydrogens (tertiary/aromatic N) is 2. The fourth-order valence-corrected chi connectivity index (χ4v) is 9.22. The average molecular weight is 599 g/mol. The van der Waals surface area contributed by atoms with Crippen molar-refractivity contribution in [2.24, 2.45) is 0 Å². The van der Waals surface area contributed by atoms with Crippen LogP contribution in [0.1, 0.15) is 41.8 Å². The molecular formula is C37H30N2O2S2. The summed E-state index contributed by atoms with van der Waals surface area (Å²) in [6, 6.07) is 44.3. The van der Waals surface area contributed by atoms with Crippen LogP contribution in [0.5, 0.6) is 0 Å². The van der Waals surface area contributed by atoms with Gasteiger partial charge >= 0.3 is 0 Å². The largest absolute Gasteiger partial charge is 0.375 e. The third kappa shape index (κ3) is 4.17. The molecule has 0 aliphatic carbocycles. The van der Waals surface area contributed by atoms with Crippen LogP contribution in [0, 0.1) is 0 Å². The summed E-state index contributed by atoms with van der Waals surface area (Å²) in [6.45, 7) is 2.29. The molecule has 4 nitrogen and oxygen atoms in total. The Kier molecular flexibility index (Phi) is 6.28. The van der Waals surface area contributed by atoms with Gasteiger partial charge in [-0.1, -0.05) is 121 Å². The van der Waals surface area contributed by atoms with Crippen LogP contribution in [0.2, 0.25) is 0 Å². The van der Waals surface area contributed by atoms with Gasteiger partial charge in [0.05, 0.1) is 31.1 Å². The van der Waals surface area contributed by atoms with Crippen molar-refractivity contribution >= 4 is 34.0 Å². The third-order valence-electron chi connectivity index (χ3n) is 8.74. The first-order valence-electron chi connectivity index (χ1n) is 14.5. The van der Waals surface area contributed by atoms with Crippen LogP contribution >= 0.6 is 22.7 Å². The van der Waals surface area contributed by atoms with Gasteiger partial charge < -0.3 is 20.0 Å². The zero-order chi connectivity index (χ0) is 29.0. The van der Waals surface area contributed by atoms with Crippen LogP contribution < -0.4 is 9.80 Å². The molecule has 0 fully saturated rings. The predicted molar refractivity (Wildman–Crippen MR) is 176 cm³/mol. The van der Waals surface area contributed by atoms with E-state index in [0.29, 0.717) is 0 Å². The van der Waals surface area contributed by atoms with Crippen LogP contribution in [0.25, 0.3) is 0 Å². The lowest BCUT2D eigenvalue weighted by atomic mass is 9.85. The molecule has 8 rings (SSSR count). The molecule has 0 radical (unpaired) electrons. The summed E-state index contributed by atoms with van der Waals surface area (Å²) in [4.78, 5) is 9.15. The maximum atomic E-state index is 12.4. The summed E-state index contributed by atoms with van der Waals surface area (Å²) in [7, 11) is 0. The van der Waals surface area contributed by atoms with Crippen LogP contribution in [-0.2, 0) is 24.3 Å². The molecule has 2 bridgehead atoms. The van der Waals surface area contributed by atoms with Crippen molar-refractivity contribution in [2.45, 2.75) is 24.3 Å². The molecule has 2 aliphatic heterocycles. The Hall–Kier alpha value is -4.20. The Labute approximate surface area is 259 Å². The van der Waals surface area contributed by atoms with E-state index in [2.05, 4.69) is 21.9 Å². The molecule has 43 heavy (non-hydrogen) atoms. The Morgan fingerprint density at radius 3 is 1.07 bits per heavy atom. The summed E-state index contributed by atoms with van der Waals surface area (Å²) < 4.78 is 0. The molecule has 212 valence electrons. The fourth-order valence-electron chi connectivity index (χ4n) is 6.55. The second-order valence-electron chi connectivity index (χ2n) is 11.3. The van der Waals surface area contributed by atoms with E-state index >= 15 is 0 Å². The van der Waals surface area contributed by atoms with Crippen LogP contribution in [0.3, 0.4) is 0 Å². The highest BCUT2D eigenvalue weighted by Gasteiger charge is 2.42. The normalized spacial score (nSPS) is 14.4. The molecular weight excluding hydrogens is 569 g/mol. The predicted octanol–water partition coefficient (Wildman–Crippen LogP) is 7.68. The Morgan fingerprint density at radius 1 is 0.465 bits per heavy atom. The van der Waals surface area contributed by atoms with E-state index in [9.17, 15) is 10.2 Å². The number of hydrogen-bond donors (Lipinski definition) is 2. The first-order chi connectivity index (χ1) is 21.0. The van der Waals surface area contributed by atoms with Crippen molar-refractivity contribution in [2.75, 3.05) is 16.5 Å². The maximum Gasteiger partial charge on any atom is 0.149 e. The van der Waals surface area contributed by atoms with Gasteiger partial charge in [-0.15, -0.1) is 22.7 Å². The lowest BCUT2D eigenvalue weighted by Gasteiger charge is -2.42. The number of aliphatic hydroxyl groups is 2. The van der Waals surface area contributed by atoms with Crippen molar-refractivity contribution in [1.29, 1.82) is 0 Å². The van der Waals surface area contributed by atoms with Gasteiger partial charge in [-0.25, -0.2) is 0 Å². The number of hydrogen-bond acceptors (Lipinski definition) is 6. The van der Waals surface area contributed by atoms with E-state index in [-0.39, 0.29) is 0 Å². The lowest BCUT2D eigenvalue weighted by molar-refractivity contribution is 0.129. The van der Waals surface area contributed by atoms with Gasteiger partial charge in [0.2, 0.25) is 0 Å². The Balaban J connectivity index is 1.19. The Morgan fingerprint density at radius 2 is 0.767 bits per heavy atom. The van der Waals surface area contributed by atoms with Crippen LogP contribution in [0.15, 0.2) is 133 Å². The summed E-state index contributed by atoms with van der Waals surface area (Å²) in [5.74, 6) is 0. The zero-order valence-corrected chi connectivity index (χ0v) is 25.1. The van der Waals surface area contributed by atoms with E-state index in [4.69, 9.17) is 0 Å². The minimum atomic E-state index is -1.24.